The lowest BCUT2D eigenvalue weighted by molar-refractivity contribution is 0.305. The second-order valence-corrected chi connectivity index (χ2v) is 5.03. The molecule has 0 atom stereocenters. The predicted octanol–water partition coefficient (Wildman–Crippen LogP) is 4.52. The number of benzene rings is 1. The van der Waals surface area contributed by atoms with Crippen LogP contribution in [0.1, 0.15) is 5.56 Å². The van der Waals surface area contributed by atoms with Crippen molar-refractivity contribution in [3.8, 4) is 17.0 Å². The number of hydrogen-bond donors (Lipinski definition) is 0. The van der Waals surface area contributed by atoms with E-state index in [0.717, 1.165) is 11.8 Å². The van der Waals surface area contributed by atoms with Crippen LogP contribution in [0.4, 0.5) is 4.39 Å². The van der Waals surface area contributed by atoms with Gasteiger partial charge in [-0.15, -0.1) is 0 Å². The monoisotopic (exact) mass is 314 g/mol. The molecule has 1 aromatic carbocycles. The van der Waals surface area contributed by atoms with E-state index in [2.05, 4.69) is 9.97 Å². The predicted molar refractivity (Wildman–Crippen MR) is 83.2 cm³/mol. The van der Waals surface area contributed by atoms with Gasteiger partial charge in [-0.1, -0.05) is 41.9 Å². The average molecular weight is 315 g/mol. The summed E-state index contributed by atoms with van der Waals surface area (Å²) < 4.78 is 19.4. The minimum Gasteiger partial charge on any atom is -0.487 e. The van der Waals surface area contributed by atoms with Crippen LogP contribution in [0.15, 0.2) is 60.9 Å². The van der Waals surface area contributed by atoms with E-state index in [1.54, 1.807) is 18.3 Å². The van der Waals surface area contributed by atoms with Gasteiger partial charge < -0.3 is 4.74 Å². The van der Waals surface area contributed by atoms with Crippen LogP contribution < -0.4 is 4.74 Å². The van der Waals surface area contributed by atoms with E-state index in [1.165, 1.54) is 6.07 Å². The maximum absolute atomic E-state index is 13.7. The van der Waals surface area contributed by atoms with Gasteiger partial charge in [0.25, 0.3) is 0 Å². The molecule has 22 heavy (non-hydrogen) atoms. The molecule has 110 valence electrons. The molecule has 2 heterocycles. The average Bonchev–Trinajstić information content (AvgIpc) is 2.57. The van der Waals surface area contributed by atoms with Gasteiger partial charge in [0.15, 0.2) is 5.82 Å². The second kappa shape index (κ2) is 6.54. The first-order chi connectivity index (χ1) is 10.7. The van der Waals surface area contributed by atoms with Crippen molar-refractivity contribution in [1.29, 1.82) is 0 Å². The van der Waals surface area contributed by atoms with Crippen molar-refractivity contribution in [2.45, 2.75) is 6.61 Å². The lowest BCUT2D eigenvalue weighted by Crippen LogP contribution is -1.96. The van der Waals surface area contributed by atoms with E-state index < -0.39 is 5.82 Å². The first kappa shape index (κ1) is 14.5. The third-order valence-electron chi connectivity index (χ3n) is 3.08. The second-order valence-electron chi connectivity index (χ2n) is 4.64. The Morgan fingerprint density at radius 2 is 1.82 bits per heavy atom. The summed E-state index contributed by atoms with van der Waals surface area (Å²) >= 11 is 5.79. The fourth-order valence-corrected chi connectivity index (χ4v) is 2.13. The third-order valence-corrected chi connectivity index (χ3v) is 3.29. The van der Waals surface area contributed by atoms with Crippen LogP contribution in [0.25, 0.3) is 11.3 Å². The molecule has 5 heteroatoms. The van der Waals surface area contributed by atoms with Gasteiger partial charge in [0.05, 0.1) is 18.1 Å². The molecule has 0 saturated carbocycles. The van der Waals surface area contributed by atoms with E-state index in [4.69, 9.17) is 16.3 Å². The molecule has 0 aliphatic rings. The zero-order valence-corrected chi connectivity index (χ0v) is 12.3. The van der Waals surface area contributed by atoms with Gasteiger partial charge in [0.2, 0.25) is 0 Å². The normalized spacial score (nSPS) is 10.5. The van der Waals surface area contributed by atoms with Gasteiger partial charge in [0, 0.05) is 5.56 Å². The number of hydrogen-bond acceptors (Lipinski definition) is 3. The molecule has 0 spiro atoms. The highest BCUT2D eigenvalue weighted by Crippen LogP contribution is 2.24. The summed E-state index contributed by atoms with van der Waals surface area (Å²) in [6, 6.07) is 14.7. The molecule has 0 bridgehead atoms. The molecular formula is C17H12ClFN2O. The Morgan fingerprint density at radius 3 is 2.55 bits per heavy atom. The van der Waals surface area contributed by atoms with Crippen LogP contribution in [0.3, 0.4) is 0 Å². The summed E-state index contributed by atoms with van der Waals surface area (Å²) in [4.78, 5) is 7.90. The summed E-state index contributed by atoms with van der Waals surface area (Å²) in [6.07, 6.45) is 2.64. The Kier molecular flexibility index (Phi) is 4.30. The smallest absolute Gasteiger partial charge is 0.150 e. The first-order valence-electron chi connectivity index (χ1n) is 6.66. The molecule has 0 amide bonds. The Balaban J connectivity index is 1.74. The van der Waals surface area contributed by atoms with Crippen LogP contribution in [0.5, 0.6) is 5.75 Å². The Morgan fingerprint density at radius 1 is 1.00 bits per heavy atom. The summed E-state index contributed by atoms with van der Waals surface area (Å²) in [7, 11) is 0. The Labute approximate surface area is 132 Å². The van der Waals surface area contributed by atoms with E-state index >= 15 is 0 Å². The van der Waals surface area contributed by atoms with Gasteiger partial charge in [-0.3, -0.25) is 4.98 Å². The number of aromatic nitrogens is 2. The highest BCUT2D eigenvalue weighted by Gasteiger charge is 2.08. The maximum Gasteiger partial charge on any atom is 0.150 e. The molecule has 3 aromatic rings. The summed E-state index contributed by atoms with van der Waals surface area (Å²) in [5.41, 5.74) is 1.86. The molecule has 3 nitrogen and oxygen atoms in total. The van der Waals surface area contributed by atoms with Crippen molar-refractivity contribution in [2.24, 2.45) is 0 Å². The van der Waals surface area contributed by atoms with Crippen molar-refractivity contribution < 1.29 is 9.13 Å². The molecular weight excluding hydrogens is 303 g/mol. The van der Waals surface area contributed by atoms with Crippen LogP contribution in [-0.2, 0) is 6.61 Å². The van der Waals surface area contributed by atoms with Crippen molar-refractivity contribution in [3.63, 3.8) is 0 Å². The van der Waals surface area contributed by atoms with E-state index in [-0.39, 0.29) is 5.15 Å². The highest BCUT2D eigenvalue weighted by atomic mass is 35.5. The van der Waals surface area contributed by atoms with Crippen molar-refractivity contribution in [3.05, 3.63) is 77.5 Å². The Bertz CT molecular complexity index is 763. The minimum absolute atomic E-state index is 0.225. The largest absolute Gasteiger partial charge is 0.487 e. The summed E-state index contributed by atoms with van der Waals surface area (Å²) in [6.45, 7) is 0.456. The van der Waals surface area contributed by atoms with E-state index in [9.17, 15) is 4.39 Å². The summed E-state index contributed by atoms with van der Waals surface area (Å²) in [5.74, 6) is 0.156. The minimum atomic E-state index is -0.463. The molecule has 0 aliphatic heterocycles. The SMILES string of the molecule is Fc1cnc(Cl)cc1-c1ccc(OCc2ccccc2)cn1. The van der Waals surface area contributed by atoms with E-state index in [1.807, 2.05) is 30.3 Å². The summed E-state index contributed by atoms with van der Waals surface area (Å²) in [5, 5.41) is 0.225. The van der Waals surface area contributed by atoms with Gasteiger partial charge in [-0.25, -0.2) is 9.37 Å². The zero-order chi connectivity index (χ0) is 15.4. The molecule has 0 fully saturated rings. The lowest BCUT2D eigenvalue weighted by Gasteiger charge is -2.07. The Hall–Kier alpha value is -2.46. The highest BCUT2D eigenvalue weighted by molar-refractivity contribution is 6.29. The number of nitrogens with zero attached hydrogens (tertiary/aromatic N) is 2. The lowest BCUT2D eigenvalue weighted by atomic mass is 10.1. The maximum atomic E-state index is 13.7. The van der Waals surface area contributed by atoms with Crippen LogP contribution in [-0.4, -0.2) is 9.97 Å². The molecule has 0 radical (unpaired) electrons. The number of ether oxygens (including phenoxy) is 1. The molecule has 0 unspecified atom stereocenters. The zero-order valence-electron chi connectivity index (χ0n) is 11.5. The van der Waals surface area contributed by atoms with Gasteiger partial charge in [0.1, 0.15) is 17.5 Å². The molecule has 0 N–H and O–H groups in total. The number of pyridine rings is 2. The van der Waals surface area contributed by atoms with Crippen molar-refractivity contribution in [2.75, 3.05) is 0 Å². The topological polar surface area (TPSA) is 35.0 Å². The molecule has 0 aliphatic carbocycles. The van der Waals surface area contributed by atoms with Crippen LogP contribution >= 0.6 is 11.6 Å². The van der Waals surface area contributed by atoms with Gasteiger partial charge in [-0.05, 0) is 23.8 Å². The molecule has 0 saturated heterocycles. The van der Waals surface area contributed by atoms with Crippen molar-refractivity contribution in [1.82, 2.24) is 9.97 Å². The third kappa shape index (κ3) is 3.40. The fraction of sp³-hybridized carbons (Fsp3) is 0.0588. The molecule has 3 rings (SSSR count). The number of rotatable bonds is 4. The quantitative estimate of drug-likeness (QED) is 0.664. The standard InChI is InChI=1S/C17H12ClFN2O/c18-17-8-14(15(19)10-21-17)16-7-6-13(9-20-16)22-11-12-4-2-1-3-5-12/h1-10H,11H2. The first-order valence-corrected chi connectivity index (χ1v) is 7.04. The number of halogens is 2. The van der Waals surface area contributed by atoms with Crippen LogP contribution in [0, 0.1) is 5.82 Å². The van der Waals surface area contributed by atoms with Crippen molar-refractivity contribution >= 4 is 11.6 Å². The van der Waals surface area contributed by atoms with E-state index in [0.29, 0.717) is 23.6 Å². The molecule has 2 aromatic heterocycles. The van der Waals surface area contributed by atoms with Gasteiger partial charge in [-0.2, -0.15) is 0 Å². The van der Waals surface area contributed by atoms with Crippen LogP contribution in [0.2, 0.25) is 5.15 Å². The van der Waals surface area contributed by atoms with Gasteiger partial charge >= 0.3 is 0 Å². The fourth-order valence-electron chi connectivity index (χ4n) is 1.98.